The number of carbonyl (C=O) groups is 2. The van der Waals surface area contributed by atoms with E-state index in [2.05, 4.69) is 48.5 Å². The van der Waals surface area contributed by atoms with Crippen molar-refractivity contribution in [1.82, 2.24) is 15.0 Å². The molecule has 2 fully saturated rings. The molecule has 1 N–H and O–H groups in total. The number of nitrogens with zero attached hydrogens (tertiary/aromatic N) is 5. The Labute approximate surface area is 282 Å². The monoisotopic (exact) mass is 665 g/mol. The summed E-state index contributed by atoms with van der Waals surface area (Å²) >= 11 is 0. The van der Waals surface area contributed by atoms with Crippen molar-refractivity contribution >= 4 is 36.4 Å². The molecule has 2 amide bonds. The van der Waals surface area contributed by atoms with E-state index in [4.69, 9.17) is 9.47 Å². The van der Waals surface area contributed by atoms with E-state index in [-0.39, 0.29) is 36.0 Å². The van der Waals surface area contributed by atoms with E-state index >= 15 is 0 Å². The molecule has 11 heteroatoms. The van der Waals surface area contributed by atoms with Crippen LogP contribution in [0.1, 0.15) is 36.6 Å². The van der Waals surface area contributed by atoms with Gasteiger partial charge in [0.25, 0.3) is 5.91 Å². The van der Waals surface area contributed by atoms with E-state index in [1.165, 1.54) is 5.19 Å². The van der Waals surface area contributed by atoms with Crippen LogP contribution >= 0.6 is 0 Å². The maximum atomic E-state index is 15.0. The van der Waals surface area contributed by atoms with Crippen LogP contribution < -0.4 is 19.7 Å². The first-order chi connectivity index (χ1) is 23.2. The number of hydrogen-bond donors (Lipinski definition) is 1. The number of carbonyl (C=O) groups excluding carboxylic acids is 2. The van der Waals surface area contributed by atoms with Crippen LogP contribution in [0.4, 0.5) is 11.4 Å². The maximum absolute atomic E-state index is 15.0. The van der Waals surface area contributed by atoms with Gasteiger partial charge in [-0.05, 0) is 47.9 Å². The van der Waals surface area contributed by atoms with Gasteiger partial charge in [0.1, 0.15) is 5.75 Å². The lowest BCUT2D eigenvalue weighted by Gasteiger charge is -2.37. The number of methoxy groups -OCH3 is 1. The van der Waals surface area contributed by atoms with Crippen molar-refractivity contribution in [2.75, 3.05) is 30.1 Å². The summed E-state index contributed by atoms with van der Waals surface area (Å²) in [5.74, 6) is 0.819. The van der Waals surface area contributed by atoms with Gasteiger partial charge in [-0.2, -0.15) is 0 Å². The van der Waals surface area contributed by atoms with Crippen molar-refractivity contribution in [2.45, 2.75) is 69.6 Å². The third kappa shape index (κ3) is 5.34. The molecule has 3 aliphatic rings. The highest BCUT2D eigenvalue weighted by atomic mass is 28.3. The Bertz CT molecular complexity index is 1810. The average Bonchev–Trinajstić information content (AvgIpc) is 3.74. The molecule has 0 saturated carbocycles. The third-order valence-corrected chi connectivity index (χ3v) is 15.1. The molecule has 4 atom stereocenters. The van der Waals surface area contributed by atoms with Crippen molar-refractivity contribution in [3.8, 4) is 5.75 Å². The van der Waals surface area contributed by atoms with Crippen molar-refractivity contribution < 1.29 is 24.2 Å². The summed E-state index contributed by atoms with van der Waals surface area (Å²) in [6, 6.07) is 24.4. The number of aryl methyl sites for hydroxylation is 1. The summed E-state index contributed by atoms with van der Waals surface area (Å²) in [6.45, 7) is 8.72. The zero-order valence-corrected chi connectivity index (χ0v) is 29.0. The Morgan fingerprint density at radius 1 is 1.04 bits per heavy atom. The molecule has 1 aromatic heterocycles. The normalized spacial score (nSPS) is 23.6. The minimum absolute atomic E-state index is 0.0223. The minimum Gasteiger partial charge on any atom is -0.497 e. The quantitative estimate of drug-likeness (QED) is 0.187. The smallest absolute Gasteiger partial charge is 0.264 e. The van der Waals surface area contributed by atoms with Crippen LogP contribution in [-0.2, 0) is 39.4 Å². The molecule has 4 heterocycles. The molecule has 3 aliphatic heterocycles. The predicted molar refractivity (Wildman–Crippen MR) is 186 cm³/mol. The molecular weight excluding hydrogens is 623 g/mol. The number of benzene rings is 3. The Morgan fingerprint density at radius 2 is 1.79 bits per heavy atom. The van der Waals surface area contributed by atoms with Crippen molar-refractivity contribution in [3.05, 3.63) is 95.8 Å². The molecule has 48 heavy (non-hydrogen) atoms. The number of aliphatic hydroxyl groups is 1. The van der Waals surface area contributed by atoms with Crippen LogP contribution in [0, 0.1) is 5.92 Å². The summed E-state index contributed by atoms with van der Waals surface area (Å²) in [5.41, 5.74) is 3.41. The highest BCUT2D eigenvalue weighted by Gasteiger charge is 2.66. The number of ether oxygens (including phenoxy) is 2. The highest BCUT2D eigenvalue weighted by molar-refractivity contribution is 6.91. The summed E-state index contributed by atoms with van der Waals surface area (Å²) < 4.78 is 14.5. The van der Waals surface area contributed by atoms with Gasteiger partial charge in [0.05, 0.1) is 39.2 Å². The van der Waals surface area contributed by atoms with Gasteiger partial charge in [0.15, 0.2) is 5.60 Å². The number of para-hydroxylation sites is 1. The largest absolute Gasteiger partial charge is 0.497 e. The zero-order chi connectivity index (χ0) is 33.6. The molecule has 0 aliphatic carbocycles. The molecule has 0 unspecified atom stereocenters. The van der Waals surface area contributed by atoms with E-state index in [9.17, 15) is 14.7 Å². The van der Waals surface area contributed by atoms with Crippen molar-refractivity contribution in [2.24, 2.45) is 5.92 Å². The summed E-state index contributed by atoms with van der Waals surface area (Å²) in [4.78, 5) is 30.6. The lowest BCUT2D eigenvalue weighted by atomic mass is 9.82. The maximum Gasteiger partial charge on any atom is 0.264 e. The molecule has 0 bridgehead atoms. The van der Waals surface area contributed by atoms with E-state index in [0.717, 1.165) is 40.5 Å². The van der Waals surface area contributed by atoms with E-state index in [1.54, 1.807) is 12.0 Å². The standard InChI is InChI=1S/C37H43N5O5Si/c1-25-35(48(3,4)30-15-13-29(46-2)14-16-30)33(17-20-40-24-27(19-22-43)38-39-40)47-37(25)31-7-5-6-8-32(31)42(36(37)45)23-26-9-11-28(12-10-26)41-21-18-34(41)44/h5-16,24-25,33,35,43H,17-23H2,1-4H3/t25-,33+,35-,37+/m0/s1. The van der Waals surface area contributed by atoms with Gasteiger partial charge in [-0.3, -0.25) is 14.3 Å². The zero-order valence-electron chi connectivity index (χ0n) is 28.0. The third-order valence-electron chi connectivity index (χ3n) is 10.8. The van der Waals surface area contributed by atoms with E-state index in [1.807, 2.05) is 70.4 Å². The highest BCUT2D eigenvalue weighted by Crippen LogP contribution is 2.60. The topological polar surface area (TPSA) is 110 Å². The second-order valence-electron chi connectivity index (χ2n) is 13.8. The van der Waals surface area contributed by atoms with Crippen LogP contribution in [0.3, 0.4) is 0 Å². The number of aromatic nitrogens is 3. The molecule has 7 rings (SSSR count). The predicted octanol–water partition coefficient (Wildman–Crippen LogP) is 4.41. The van der Waals surface area contributed by atoms with Crippen LogP contribution in [0.2, 0.25) is 18.6 Å². The number of aliphatic hydroxyl groups excluding tert-OH is 1. The van der Waals surface area contributed by atoms with Crippen molar-refractivity contribution in [3.63, 3.8) is 0 Å². The number of hydrogen-bond acceptors (Lipinski definition) is 7. The second-order valence-corrected chi connectivity index (χ2v) is 18.4. The first kappa shape index (κ1) is 32.2. The van der Waals surface area contributed by atoms with E-state index in [0.29, 0.717) is 32.4 Å². The van der Waals surface area contributed by atoms with E-state index < -0.39 is 13.7 Å². The minimum atomic E-state index is -2.28. The molecule has 4 aromatic rings. The fourth-order valence-corrected chi connectivity index (χ4v) is 12.2. The lowest BCUT2D eigenvalue weighted by Crippen LogP contribution is -2.51. The molecule has 1 spiro atoms. The molecule has 250 valence electrons. The SMILES string of the molecule is COc1ccc([Si](C)(C)[C@@H]2[C@@H](CCn3cc(CCO)nn3)O[C@]3(C(=O)N(Cc4ccc(N5CCC5=O)cc4)c4ccccc43)[C@H]2C)cc1. The second kappa shape index (κ2) is 12.6. The van der Waals surface area contributed by atoms with Crippen LogP contribution in [0.5, 0.6) is 5.75 Å². The van der Waals surface area contributed by atoms with Crippen LogP contribution in [-0.4, -0.2) is 66.4 Å². The molecule has 0 radical (unpaired) electrons. The first-order valence-electron chi connectivity index (χ1n) is 16.8. The molecule has 10 nitrogen and oxygen atoms in total. The molecule has 3 aromatic carbocycles. The number of β-lactam (4-membered cyclic amide) rings is 1. The lowest BCUT2D eigenvalue weighted by molar-refractivity contribution is -0.146. The number of anilines is 2. The van der Waals surface area contributed by atoms with Gasteiger partial charge in [0, 0.05) is 55.9 Å². The number of fused-ring (bicyclic) bond motifs is 2. The summed E-state index contributed by atoms with van der Waals surface area (Å²) in [7, 11) is -0.600. The summed E-state index contributed by atoms with van der Waals surface area (Å²) in [5, 5.41) is 19.2. The van der Waals surface area contributed by atoms with Crippen molar-refractivity contribution in [1.29, 1.82) is 0 Å². The Kier molecular flexibility index (Phi) is 8.47. The number of rotatable bonds is 11. The Morgan fingerprint density at radius 3 is 2.46 bits per heavy atom. The van der Waals surface area contributed by atoms with Crippen LogP contribution in [0.15, 0.2) is 79.0 Å². The van der Waals surface area contributed by atoms with Gasteiger partial charge in [0.2, 0.25) is 5.91 Å². The van der Waals surface area contributed by atoms with Gasteiger partial charge in [-0.1, -0.05) is 72.9 Å². The van der Waals surface area contributed by atoms with Gasteiger partial charge >= 0.3 is 0 Å². The molecule has 2 saturated heterocycles. The van der Waals surface area contributed by atoms with Gasteiger partial charge in [-0.25, -0.2) is 0 Å². The number of amides is 2. The fraction of sp³-hybridized carbons (Fsp3) is 0.405. The fourth-order valence-electron chi connectivity index (χ4n) is 8.18. The van der Waals surface area contributed by atoms with Gasteiger partial charge < -0.3 is 24.4 Å². The van der Waals surface area contributed by atoms with Crippen LogP contribution in [0.25, 0.3) is 0 Å². The average molecular weight is 666 g/mol. The Hall–Kier alpha value is -4.32. The van der Waals surface area contributed by atoms with Gasteiger partial charge in [-0.15, -0.1) is 5.10 Å². The first-order valence-corrected chi connectivity index (χ1v) is 19.9. The molecular formula is C37H43N5O5Si. The Balaban J connectivity index is 1.23. The summed E-state index contributed by atoms with van der Waals surface area (Å²) in [6.07, 6.45) is 3.38.